The topological polar surface area (TPSA) is 20.3 Å². The lowest BCUT2D eigenvalue weighted by Gasteiger charge is -2.31. The molecule has 2 nitrogen and oxygen atoms in total. The van der Waals surface area contributed by atoms with Crippen molar-refractivity contribution in [3.63, 3.8) is 0 Å². The molecule has 1 aliphatic heterocycles. The number of nitrogens with zero attached hydrogens (tertiary/aromatic N) is 1. The van der Waals surface area contributed by atoms with Gasteiger partial charge in [-0.25, -0.2) is 0 Å². The summed E-state index contributed by atoms with van der Waals surface area (Å²) in [7, 11) is 0. The summed E-state index contributed by atoms with van der Waals surface area (Å²) >= 11 is 0. The molecular weight excluding hydrogens is 210 g/mol. The van der Waals surface area contributed by atoms with Crippen LogP contribution in [0.25, 0.3) is 0 Å². The standard InChI is InChI=1S/C13H17NO.C2H6/c1-3-11-6-4-7-12(10(11)2)13(15)14-8-5-9-14;1-2/h4,6-7H,3,5,8-9H2,1-2H3;1-2H3. The van der Waals surface area contributed by atoms with Crippen LogP contribution in [0.15, 0.2) is 18.2 Å². The molecule has 1 saturated heterocycles. The molecule has 0 aliphatic carbocycles. The number of rotatable bonds is 2. The molecule has 0 N–H and O–H groups in total. The van der Waals surface area contributed by atoms with Crippen LogP contribution in [0, 0.1) is 6.92 Å². The number of hydrogen-bond acceptors (Lipinski definition) is 1. The maximum absolute atomic E-state index is 12.0. The van der Waals surface area contributed by atoms with Crippen LogP contribution in [0.3, 0.4) is 0 Å². The molecule has 0 aromatic heterocycles. The SMILES string of the molecule is CC.CCc1cccc(C(=O)N2CCC2)c1C. The summed E-state index contributed by atoms with van der Waals surface area (Å²) in [5.74, 6) is 0.203. The van der Waals surface area contributed by atoms with Crippen LogP contribution in [0.2, 0.25) is 0 Å². The Balaban J connectivity index is 0.000000686. The number of carbonyl (C=O) groups is 1. The normalized spacial score (nSPS) is 13.5. The minimum atomic E-state index is 0.203. The van der Waals surface area contributed by atoms with Crippen LogP contribution >= 0.6 is 0 Å². The van der Waals surface area contributed by atoms with Gasteiger partial charge in [0, 0.05) is 18.7 Å². The van der Waals surface area contributed by atoms with Gasteiger partial charge in [-0.3, -0.25) is 4.79 Å². The molecule has 2 rings (SSSR count). The number of hydrogen-bond donors (Lipinski definition) is 0. The van der Waals surface area contributed by atoms with Crippen LogP contribution in [-0.4, -0.2) is 23.9 Å². The van der Waals surface area contributed by atoms with Crippen molar-refractivity contribution in [3.8, 4) is 0 Å². The van der Waals surface area contributed by atoms with Crippen molar-refractivity contribution >= 4 is 5.91 Å². The molecule has 0 radical (unpaired) electrons. The highest BCUT2D eigenvalue weighted by Gasteiger charge is 2.22. The monoisotopic (exact) mass is 233 g/mol. The third-order valence-corrected chi connectivity index (χ3v) is 3.20. The van der Waals surface area contributed by atoms with Crippen molar-refractivity contribution in [3.05, 3.63) is 34.9 Å². The van der Waals surface area contributed by atoms with Crippen LogP contribution in [-0.2, 0) is 6.42 Å². The zero-order valence-electron chi connectivity index (χ0n) is 11.4. The van der Waals surface area contributed by atoms with E-state index in [1.165, 1.54) is 5.56 Å². The molecule has 1 aromatic rings. The molecule has 1 fully saturated rings. The van der Waals surface area contributed by atoms with Crippen molar-refractivity contribution in [2.45, 2.75) is 40.5 Å². The van der Waals surface area contributed by atoms with Gasteiger partial charge in [0.1, 0.15) is 0 Å². The van der Waals surface area contributed by atoms with Crippen LogP contribution in [0.5, 0.6) is 0 Å². The quantitative estimate of drug-likeness (QED) is 0.766. The fraction of sp³-hybridized carbons (Fsp3) is 0.533. The predicted octanol–water partition coefficient (Wildman–Crippen LogP) is 3.43. The van der Waals surface area contributed by atoms with Crippen LogP contribution < -0.4 is 0 Å². The van der Waals surface area contributed by atoms with E-state index in [4.69, 9.17) is 0 Å². The van der Waals surface area contributed by atoms with Gasteiger partial charge in [0.2, 0.25) is 0 Å². The van der Waals surface area contributed by atoms with E-state index in [-0.39, 0.29) is 5.91 Å². The molecule has 0 bridgehead atoms. The predicted molar refractivity (Wildman–Crippen MR) is 72.4 cm³/mol. The lowest BCUT2D eigenvalue weighted by Crippen LogP contribution is -2.42. The fourth-order valence-electron chi connectivity index (χ4n) is 1.99. The van der Waals surface area contributed by atoms with Crippen LogP contribution in [0.4, 0.5) is 0 Å². The zero-order chi connectivity index (χ0) is 12.8. The molecule has 1 aliphatic rings. The van der Waals surface area contributed by atoms with Crippen molar-refractivity contribution in [2.24, 2.45) is 0 Å². The fourth-order valence-corrected chi connectivity index (χ4v) is 1.99. The number of likely N-dealkylation sites (tertiary alicyclic amines) is 1. The van der Waals surface area contributed by atoms with Crippen molar-refractivity contribution < 1.29 is 4.79 Å². The van der Waals surface area contributed by atoms with Crippen molar-refractivity contribution in [1.29, 1.82) is 0 Å². The van der Waals surface area contributed by atoms with Gasteiger partial charge in [-0.2, -0.15) is 0 Å². The van der Waals surface area contributed by atoms with Gasteiger partial charge < -0.3 is 4.90 Å². The molecule has 94 valence electrons. The molecule has 0 atom stereocenters. The molecule has 17 heavy (non-hydrogen) atoms. The average molecular weight is 233 g/mol. The summed E-state index contributed by atoms with van der Waals surface area (Å²) in [6.07, 6.45) is 2.14. The Kier molecular flexibility index (Phi) is 5.20. The van der Waals surface area contributed by atoms with Gasteiger partial charge in [0.15, 0.2) is 0 Å². The third-order valence-electron chi connectivity index (χ3n) is 3.20. The van der Waals surface area contributed by atoms with Gasteiger partial charge >= 0.3 is 0 Å². The Hall–Kier alpha value is -1.31. The summed E-state index contributed by atoms with van der Waals surface area (Å²) in [5, 5.41) is 0. The molecule has 0 unspecified atom stereocenters. The van der Waals surface area contributed by atoms with Gasteiger partial charge in [-0.1, -0.05) is 32.9 Å². The summed E-state index contributed by atoms with van der Waals surface area (Å²) in [5.41, 5.74) is 3.31. The minimum Gasteiger partial charge on any atom is -0.339 e. The maximum atomic E-state index is 12.0. The number of carbonyl (C=O) groups excluding carboxylic acids is 1. The second-order valence-electron chi connectivity index (χ2n) is 4.09. The Morgan fingerprint density at radius 1 is 1.29 bits per heavy atom. The average Bonchev–Trinajstić information content (AvgIpc) is 2.29. The maximum Gasteiger partial charge on any atom is 0.254 e. The summed E-state index contributed by atoms with van der Waals surface area (Å²) in [6.45, 7) is 10.0. The van der Waals surface area contributed by atoms with E-state index in [0.29, 0.717) is 0 Å². The second-order valence-corrected chi connectivity index (χ2v) is 4.09. The highest BCUT2D eigenvalue weighted by molar-refractivity contribution is 5.96. The zero-order valence-corrected chi connectivity index (χ0v) is 11.4. The molecule has 0 spiro atoms. The lowest BCUT2D eigenvalue weighted by molar-refractivity contribution is 0.0651. The molecule has 1 aromatic carbocycles. The number of benzene rings is 1. The van der Waals surface area contributed by atoms with Gasteiger partial charge in [0.25, 0.3) is 5.91 Å². The summed E-state index contributed by atoms with van der Waals surface area (Å²) in [6, 6.07) is 6.02. The molecule has 0 saturated carbocycles. The molecular formula is C15H23NO. The Bertz CT molecular complexity index is 381. The van der Waals surface area contributed by atoms with Crippen molar-refractivity contribution in [2.75, 3.05) is 13.1 Å². The molecule has 2 heteroatoms. The van der Waals surface area contributed by atoms with Gasteiger partial charge in [0.05, 0.1) is 0 Å². The van der Waals surface area contributed by atoms with Crippen LogP contribution in [0.1, 0.15) is 48.7 Å². The highest BCUT2D eigenvalue weighted by Crippen LogP contribution is 2.19. The van der Waals surface area contributed by atoms with E-state index in [1.807, 2.05) is 37.8 Å². The summed E-state index contributed by atoms with van der Waals surface area (Å²) in [4.78, 5) is 14.0. The Morgan fingerprint density at radius 2 is 1.94 bits per heavy atom. The van der Waals surface area contributed by atoms with E-state index in [1.54, 1.807) is 0 Å². The van der Waals surface area contributed by atoms with E-state index in [9.17, 15) is 4.79 Å². The number of amides is 1. The Morgan fingerprint density at radius 3 is 2.41 bits per heavy atom. The second kappa shape index (κ2) is 6.43. The van der Waals surface area contributed by atoms with Gasteiger partial charge in [-0.15, -0.1) is 0 Å². The number of aryl methyl sites for hydroxylation is 1. The largest absolute Gasteiger partial charge is 0.339 e. The first-order valence-electron chi connectivity index (χ1n) is 6.61. The Labute approximate surface area is 105 Å². The van der Waals surface area contributed by atoms with E-state index < -0.39 is 0 Å². The smallest absolute Gasteiger partial charge is 0.254 e. The first-order chi connectivity index (χ1) is 8.24. The minimum absolute atomic E-state index is 0.203. The van der Waals surface area contributed by atoms with Gasteiger partial charge in [-0.05, 0) is 37.0 Å². The lowest BCUT2D eigenvalue weighted by atomic mass is 9.99. The van der Waals surface area contributed by atoms with Crippen molar-refractivity contribution in [1.82, 2.24) is 4.90 Å². The highest BCUT2D eigenvalue weighted by atomic mass is 16.2. The first kappa shape index (κ1) is 13.8. The summed E-state index contributed by atoms with van der Waals surface area (Å²) < 4.78 is 0. The molecule has 1 amide bonds. The first-order valence-corrected chi connectivity index (χ1v) is 6.61. The molecule has 1 heterocycles. The van der Waals surface area contributed by atoms with E-state index >= 15 is 0 Å². The van der Waals surface area contributed by atoms with E-state index in [2.05, 4.69) is 13.0 Å². The van der Waals surface area contributed by atoms with E-state index in [0.717, 1.165) is 37.1 Å². The third kappa shape index (κ3) is 2.87.